The number of rotatable bonds is 3. The summed E-state index contributed by atoms with van der Waals surface area (Å²) in [5.41, 5.74) is 7.97. The molecule has 0 saturated carbocycles. The molecule has 0 bridgehead atoms. The van der Waals surface area contributed by atoms with E-state index >= 15 is 0 Å². The van der Waals surface area contributed by atoms with Crippen molar-refractivity contribution in [1.82, 2.24) is 0 Å². The highest BCUT2D eigenvalue weighted by atomic mass is 16.3. The predicted molar refractivity (Wildman–Crippen MR) is 66.7 cm³/mol. The maximum absolute atomic E-state index is 12.1. The highest BCUT2D eigenvalue weighted by Crippen LogP contribution is 2.17. The summed E-state index contributed by atoms with van der Waals surface area (Å²) in [4.78, 5) is 12.1. The van der Waals surface area contributed by atoms with Crippen LogP contribution in [0.1, 0.15) is 21.5 Å². The second-order valence-electron chi connectivity index (χ2n) is 3.77. The average molecular weight is 227 g/mol. The first-order chi connectivity index (χ1) is 8.22. The molecule has 17 heavy (non-hydrogen) atoms. The number of ketones is 1. The summed E-state index contributed by atoms with van der Waals surface area (Å²) >= 11 is 0. The van der Waals surface area contributed by atoms with Crippen molar-refractivity contribution in [3.05, 3.63) is 65.2 Å². The number of carbonyl (C=O) groups excluding carboxylic acids is 1. The van der Waals surface area contributed by atoms with E-state index in [-0.39, 0.29) is 12.4 Å². The maximum atomic E-state index is 12.1. The normalized spacial score (nSPS) is 10.2. The van der Waals surface area contributed by atoms with Gasteiger partial charge in [-0.25, -0.2) is 0 Å². The fourth-order valence-electron chi connectivity index (χ4n) is 1.64. The molecule has 86 valence electrons. The molecule has 3 heteroatoms. The van der Waals surface area contributed by atoms with Crippen LogP contribution in [0.3, 0.4) is 0 Å². The molecule has 0 aliphatic carbocycles. The van der Waals surface area contributed by atoms with E-state index in [1.165, 1.54) is 0 Å². The van der Waals surface area contributed by atoms with Crippen LogP contribution < -0.4 is 5.73 Å². The number of benzene rings is 2. The van der Waals surface area contributed by atoms with Crippen LogP contribution in [0.15, 0.2) is 48.5 Å². The van der Waals surface area contributed by atoms with Crippen LogP contribution in [0, 0.1) is 0 Å². The molecular formula is C14H13NO2. The second-order valence-corrected chi connectivity index (χ2v) is 3.77. The number of nitrogen functional groups attached to an aromatic ring is 1. The first kappa shape index (κ1) is 11.4. The highest BCUT2D eigenvalue weighted by Gasteiger charge is 2.09. The molecule has 0 spiro atoms. The molecule has 0 aromatic heterocycles. The third-order valence-corrected chi connectivity index (χ3v) is 2.61. The van der Waals surface area contributed by atoms with Gasteiger partial charge in [0, 0.05) is 22.4 Å². The van der Waals surface area contributed by atoms with Crippen molar-refractivity contribution in [3.8, 4) is 0 Å². The van der Waals surface area contributed by atoms with Gasteiger partial charge in [-0.15, -0.1) is 0 Å². The Kier molecular flexibility index (Phi) is 3.21. The van der Waals surface area contributed by atoms with Gasteiger partial charge in [0.2, 0.25) is 0 Å². The molecule has 0 aliphatic heterocycles. The summed E-state index contributed by atoms with van der Waals surface area (Å²) in [5, 5.41) is 9.00. The molecule has 3 N–H and O–H groups in total. The Morgan fingerprint density at radius 2 is 1.76 bits per heavy atom. The minimum atomic E-state index is -0.119. The standard InChI is InChI=1S/C14H13NO2/c15-13-8-11(6-7-12(13)9-16)14(17)10-4-2-1-3-5-10/h1-8,16H,9,15H2. The Labute approximate surface area is 99.5 Å². The minimum Gasteiger partial charge on any atom is -0.398 e. The highest BCUT2D eigenvalue weighted by molar-refractivity contribution is 6.09. The zero-order chi connectivity index (χ0) is 12.3. The van der Waals surface area contributed by atoms with Gasteiger partial charge in [-0.1, -0.05) is 42.5 Å². The quantitative estimate of drug-likeness (QED) is 0.622. The fraction of sp³-hybridized carbons (Fsp3) is 0.0714. The zero-order valence-corrected chi connectivity index (χ0v) is 9.26. The van der Waals surface area contributed by atoms with Crippen molar-refractivity contribution in [1.29, 1.82) is 0 Å². The zero-order valence-electron chi connectivity index (χ0n) is 9.26. The molecule has 0 radical (unpaired) electrons. The maximum Gasteiger partial charge on any atom is 0.193 e. The van der Waals surface area contributed by atoms with Gasteiger partial charge in [0.15, 0.2) is 5.78 Å². The smallest absolute Gasteiger partial charge is 0.193 e. The minimum absolute atomic E-state index is 0.0678. The van der Waals surface area contributed by atoms with Crippen molar-refractivity contribution in [2.75, 3.05) is 5.73 Å². The Balaban J connectivity index is 2.35. The first-order valence-corrected chi connectivity index (χ1v) is 5.31. The lowest BCUT2D eigenvalue weighted by atomic mass is 10.0. The van der Waals surface area contributed by atoms with Crippen LogP contribution in [-0.2, 0) is 6.61 Å². The summed E-state index contributed by atoms with van der Waals surface area (Å²) < 4.78 is 0. The number of hydrogen-bond acceptors (Lipinski definition) is 3. The molecule has 0 aliphatic rings. The van der Waals surface area contributed by atoms with E-state index in [1.807, 2.05) is 18.2 Å². The van der Waals surface area contributed by atoms with E-state index in [0.717, 1.165) is 0 Å². The van der Waals surface area contributed by atoms with Crippen LogP contribution in [-0.4, -0.2) is 10.9 Å². The number of aliphatic hydroxyl groups is 1. The summed E-state index contributed by atoms with van der Waals surface area (Å²) in [6, 6.07) is 14.0. The molecule has 0 atom stereocenters. The lowest BCUT2D eigenvalue weighted by Gasteiger charge is -2.05. The number of anilines is 1. The van der Waals surface area contributed by atoms with E-state index in [9.17, 15) is 4.79 Å². The van der Waals surface area contributed by atoms with Gasteiger partial charge in [-0.2, -0.15) is 0 Å². The van der Waals surface area contributed by atoms with Gasteiger partial charge in [0.1, 0.15) is 0 Å². The number of nitrogens with two attached hydrogens (primary N) is 1. The fourth-order valence-corrected chi connectivity index (χ4v) is 1.64. The number of hydrogen-bond donors (Lipinski definition) is 2. The Bertz CT molecular complexity index is 535. The van der Waals surface area contributed by atoms with Crippen LogP contribution in [0.5, 0.6) is 0 Å². The van der Waals surface area contributed by atoms with Gasteiger partial charge in [0.25, 0.3) is 0 Å². The lowest BCUT2D eigenvalue weighted by molar-refractivity contribution is 0.103. The van der Waals surface area contributed by atoms with Gasteiger partial charge < -0.3 is 10.8 Å². The van der Waals surface area contributed by atoms with Crippen LogP contribution in [0.2, 0.25) is 0 Å². The van der Waals surface area contributed by atoms with Crippen LogP contribution in [0.25, 0.3) is 0 Å². The molecule has 0 amide bonds. The topological polar surface area (TPSA) is 63.3 Å². The van der Waals surface area contributed by atoms with E-state index in [0.29, 0.717) is 22.4 Å². The molecule has 0 fully saturated rings. The van der Waals surface area contributed by atoms with E-state index in [2.05, 4.69) is 0 Å². The number of aliphatic hydroxyl groups excluding tert-OH is 1. The van der Waals surface area contributed by atoms with Crippen molar-refractivity contribution < 1.29 is 9.90 Å². The monoisotopic (exact) mass is 227 g/mol. The summed E-state index contributed by atoms with van der Waals surface area (Å²) in [6.07, 6.45) is 0. The molecule has 0 heterocycles. The van der Waals surface area contributed by atoms with Gasteiger partial charge in [0.05, 0.1) is 6.61 Å². The average Bonchev–Trinajstić information content (AvgIpc) is 2.39. The summed E-state index contributed by atoms with van der Waals surface area (Å²) in [6.45, 7) is -0.119. The van der Waals surface area contributed by atoms with Gasteiger partial charge >= 0.3 is 0 Å². The summed E-state index contributed by atoms with van der Waals surface area (Å²) in [7, 11) is 0. The van der Waals surface area contributed by atoms with E-state index < -0.39 is 0 Å². The Hall–Kier alpha value is -2.13. The van der Waals surface area contributed by atoms with Crippen molar-refractivity contribution in [3.63, 3.8) is 0 Å². The molecule has 2 rings (SSSR count). The van der Waals surface area contributed by atoms with Crippen molar-refractivity contribution in [2.24, 2.45) is 0 Å². The molecule has 2 aromatic carbocycles. The third-order valence-electron chi connectivity index (χ3n) is 2.61. The largest absolute Gasteiger partial charge is 0.398 e. The summed E-state index contributed by atoms with van der Waals surface area (Å²) in [5.74, 6) is -0.0678. The second kappa shape index (κ2) is 4.80. The first-order valence-electron chi connectivity index (χ1n) is 5.31. The van der Waals surface area contributed by atoms with Crippen molar-refractivity contribution in [2.45, 2.75) is 6.61 Å². The third kappa shape index (κ3) is 2.34. The van der Waals surface area contributed by atoms with E-state index in [4.69, 9.17) is 10.8 Å². The van der Waals surface area contributed by atoms with E-state index in [1.54, 1.807) is 30.3 Å². The van der Waals surface area contributed by atoms with Crippen LogP contribution >= 0.6 is 0 Å². The molecule has 2 aromatic rings. The van der Waals surface area contributed by atoms with Crippen LogP contribution in [0.4, 0.5) is 5.69 Å². The molecule has 0 unspecified atom stereocenters. The Morgan fingerprint density at radius 3 is 2.35 bits per heavy atom. The van der Waals surface area contributed by atoms with Gasteiger partial charge in [-0.3, -0.25) is 4.79 Å². The Morgan fingerprint density at radius 1 is 1.06 bits per heavy atom. The SMILES string of the molecule is Nc1cc(C(=O)c2ccccc2)ccc1CO. The molecule has 3 nitrogen and oxygen atoms in total. The molecule has 0 saturated heterocycles. The van der Waals surface area contributed by atoms with Gasteiger partial charge in [-0.05, 0) is 6.07 Å². The van der Waals surface area contributed by atoms with Crippen molar-refractivity contribution >= 4 is 11.5 Å². The number of carbonyl (C=O) groups is 1. The molecular weight excluding hydrogens is 214 g/mol. The predicted octanol–water partition coefficient (Wildman–Crippen LogP) is 1.99. The lowest BCUT2D eigenvalue weighted by Crippen LogP contribution is -2.03.